The van der Waals surface area contributed by atoms with E-state index in [1.54, 1.807) is 24.7 Å². The van der Waals surface area contributed by atoms with Crippen molar-refractivity contribution in [3.8, 4) is 0 Å². The molecule has 0 aliphatic rings. The van der Waals surface area contributed by atoms with Crippen molar-refractivity contribution in [1.82, 2.24) is 29.9 Å². The molecule has 3 rings (SSSR count). The van der Waals surface area contributed by atoms with Crippen molar-refractivity contribution in [3.05, 3.63) is 35.4 Å². The molecule has 12 heteroatoms. The third kappa shape index (κ3) is 3.62. The minimum Gasteiger partial charge on any atom is -0.423 e. The zero-order valence-electron chi connectivity index (χ0n) is 15.9. The molecule has 9 nitrogen and oxygen atoms in total. The maximum absolute atomic E-state index is 13.0. The Balaban J connectivity index is 1.90. The van der Waals surface area contributed by atoms with Crippen LogP contribution in [-0.2, 0) is 11.7 Å². The summed E-state index contributed by atoms with van der Waals surface area (Å²) in [5, 5.41) is 17.6. The summed E-state index contributed by atoms with van der Waals surface area (Å²) in [5.41, 5.74) is -0.547. The van der Waals surface area contributed by atoms with Crippen LogP contribution in [0.2, 0.25) is 0 Å². The molecular formula is C16H19F3N8O. The molecule has 0 aliphatic heterocycles. The smallest absolute Gasteiger partial charge is 0.421 e. The van der Waals surface area contributed by atoms with Crippen LogP contribution in [0.3, 0.4) is 0 Å². The first kappa shape index (κ1) is 19.6. The topological polar surface area (TPSA) is 107 Å². The number of nitrogens with zero attached hydrogens (tertiary/aromatic N) is 6. The molecule has 0 aliphatic carbocycles. The zero-order valence-corrected chi connectivity index (χ0v) is 15.9. The van der Waals surface area contributed by atoms with Crippen molar-refractivity contribution in [2.45, 2.75) is 39.4 Å². The van der Waals surface area contributed by atoms with Gasteiger partial charge in [-0.15, -0.1) is 10.2 Å². The van der Waals surface area contributed by atoms with Crippen molar-refractivity contribution in [3.63, 3.8) is 0 Å². The van der Waals surface area contributed by atoms with Gasteiger partial charge in [-0.3, -0.25) is 4.68 Å². The van der Waals surface area contributed by atoms with Crippen molar-refractivity contribution < 1.29 is 17.6 Å². The summed E-state index contributed by atoms with van der Waals surface area (Å²) < 4.78 is 46.1. The van der Waals surface area contributed by atoms with E-state index in [1.165, 1.54) is 7.05 Å². The van der Waals surface area contributed by atoms with Gasteiger partial charge in [0.15, 0.2) is 0 Å². The van der Waals surface area contributed by atoms with Crippen molar-refractivity contribution in [1.29, 1.82) is 0 Å². The molecule has 0 spiro atoms. The third-order valence-electron chi connectivity index (χ3n) is 4.10. The minimum atomic E-state index is -4.55. The van der Waals surface area contributed by atoms with Crippen LogP contribution in [0.4, 0.5) is 30.6 Å². The fourth-order valence-electron chi connectivity index (χ4n) is 2.47. The zero-order chi connectivity index (χ0) is 20.7. The molecule has 0 amide bonds. The van der Waals surface area contributed by atoms with Gasteiger partial charge in [-0.1, -0.05) is 0 Å². The van der Waals surface area contributed by atoms with Crippen molar-refractivity contribution in [2.24, 2.45) is 0 Å². The van der Waals surface area contributed by atoms with Gasteiger partial charge in [-0.05, 0) is 20.8 Å². The molecule has 150 valence electrons. The van der Waals surface area contributed by atoms with Gasteiger partial charge in [-0.2, -0.15) is 23.3 Å². The van der Waals surface area contributed by atoms with Gasteiger partial charge in [-0.25, -0.2) is 4.98 Å². The first-order valence-corrected chi connectivity index (χ1v) is 8.28. The van der Waals surface area contributed by atoms with E-state index in [9.17, 15) is 13.2 Å². The van der Waals surface area contributed by atoms with Crippen LogP contribution in [-0.4, -0.2) is 37.0 Å². The third-order valence-corrected chi connectivity index (χ3v) is 4.10. The SMILES string of the molecule is CNc1nc(Nc2cn(C(C)(C)c3nnc(C)o3)nc2C)ncc1C(F)(F)F. The Hall–Kier alpha value is -3.18. The molecule has 0 fully saturated rings. The van der Waals surface area contributed by atoms with Gasteiger partial charge in [0.2, 0.25) is 17.7 Å². The number of hydrogen-bond acceptors (Lipinski definition) is 8. The average molecular weight is 396 g/mol. The number of aryl methyl sites for hydroxylation is 2. The fourth-order valence-corrected chi connectivity index (χ4v) is 2.47. The maximum atomic E-state index is 13.0. The molecule has 2 N–H and O–H groups in total. The summed E-state index contributed by atoms with van der Waals surface area (Å²) in [4.78, 5) is 7.66. The predicted molar refractivity (Wildman–Crippen MR) is 94.3 cm³/mol. The van der Waals surface area contributed by atoms with Crippen LogP contribution in [0, 0.1) is 13.8 Å². The molecule has 3 aromatic heterocycles. The molecule has 28 heavy (non-hydrogen) atoms. The standard InChI is InChI=1S/C16H19F3N8O/c1-8-11(7-27(26-8)15(3,4)13-25-24-9(2)28-13)22-14-21-6-10(16(17,18)19)12(20-5)23-14/h6-7H,1-5H3,(H2,20,21,22,23). The summed E-state index contributed by atoms with van der Waals surface area (Å²) in [7, 11) is 1.36. The van der Waals surface area contributed by atoms with Gasteiger partial charge in [0.1, 0.15) is 16.9 Å². The lowest BCUT2D eigenvalue weighted by molar-refractivity contribution is -0.137. The highest BCUT2D eigenvalue weighted by atomic mass is 19.4. The summed E-state index contributed by atoms with van der Waals surface area (Å²) in [6.07, 6.45) is -2.15. The summed E-state index contributed by atoms with van der Waals surface area (Å²) in [6, 6.07) is 0. The van der Waals surface area contributed by atoms with E-state index in [1.807, 2.05) is 13.8 Å². The van der Waals surface area contributed by atoms with E-state index >= 15 is 0 Å². The Morgan fingerprint density at radius 3 is 2.43 bits per heavy atom. The Morgan fingerprint density at radius 1 is 1.14 bits per heavy atom. The summed E-state index contributed by atoms with van der Waals surface area (Å²) in [6.45, 7) is 7.14. The molecule has 0 saturated heterocycles. The van der Waals surface area contributed by atoms with Gasteiger partial charge >= 0.3 is 6.18 Å². The lowest BCUT2D eigenvalue weighted by Crippen LogP contribution is -2.28. The highest BCUT2D eigenvalue weighted by Crippen LogP contribution is 2.34. The Kier molecular flexibility index (Phi) is 4.73. The van der Waals surface area contributed by atoms with Gasteiger partial charge < -0.3 is 15.1 Å². The maximum Gasteiger partial charge on any atom is 0.421 e. The Labute approximate surface area is 158 Å². The molecule has 3 heterocycles. The average Bonchev–Trinajstić information content (AvgIpc) is 3.21. The number of halogens is 3. The second kappa shape index (κ2) is 6.77. The quantitative estimate of drug-likeness (QED) is 0.677. The Morgan fingerprint density at radius 2 is 1.86 bits per heavy atom. The van der Waals surface area contributed by atoms with Crippen LogP contribution >= 0.6 is 0 Å². The van der Waals surface area contributed by atoms with E-state index in [2.05, 4.69) is 35.9 Å². The molecular weight excluding hydrogens is 377 g/mol. The van der Waals surface area contributed by atoms with Crippen LogP contribution in [0.15, 0.2) is 16.8 Å². The van der Waals surface area contributed by atoms with E-state index in [0.29, 0.717) is 23.2 Å². The van der Waals surface area contributed by atoms with E-state index < -0.39 is 17.3 Å². The highest BCUT2D eigenvalue weighted by molar-refractivity contribution is 5.58. The number of nitrogens with one attached hydrogen (secondary N) is 2. The molecule has 0 bridgehead atoms. The van der Waals surface area contributed by atoms with Gasteiger partial charge in [0, 0.05) is 20.2 Å². The molecule has 0 radical (unpaired) electrons. The van der Waals surface area contributed by atoms with Crippen LogP contribution < -0.4 is 10.6 Å². The lowest BCUT2D eigenvalue weighted by Gasteiger charge is -2.20. The largest absolute Gasteiger partial charge is 0.423 e. The summed E-state index contributed by atoms with van der Waals surface area (Å²) in [5.74, 6) is 0.494. The first-order chi connectivity index (χ1) is 13.0. The van der Waals surface area contributed by atoms with Crippen molar-refractivity contribution >= 4 is 17.5 Å². The number of anilines is 3. The molecule has 0 atom stereocenters. The number of hydrogen-bond donors (Lipinski definition) is 2. The van der Waals surface area contributed by atoms with Crippen LogP contribution in [0.1, 0.15) is 36.9 Å². The summed E-state index contributed by atoms with van der Waals surface area (Å²) >= 11 is 0. The number of alkyl halides is 3. The second-order valence-electron chi connectivity index (χ2n) is 6.59. The monoisotopic (exact) mass is 396 g/mol. The predicted octanol–water partition coefficient (Wildman–Crippen LogP) is 3.26. The second-order valence-corrected chi connectivity index (χ2v) is 6.59. The molecule has 0 unspecified atom stereocenters. The van der Waals surface area contributed by atoms with Gasteiger partial charge in [0.05, 0.1) is 17.6 Å². The minimum absolute atomic E-state index is 0.00596. The first-order valence-electron chi connectivity index (χ1n) is 8.28. The highest BCUT2D eigenvalue weighted by Gasteiger charge is 2.35. The molecule has 3 aromatic rings. The Bertz CT molecular complexity index is 992. The number of aromatic nitrogens is 6. The van der Waals surface area contributed by atoms with E-state index in [4.69, 9.17) is 4.42 Å². The molecule has 0 saturated carbocycles. The van der Waals surface area contributed by atoms with Crippen molar-refractivity contribution in [2.75, 3.05) is 17.7 Å². The van der Waals surface area contributed by atoms with E-state index in [0.717, 1.165) is 6.20 Å². The van der Waals surface area contributed by atoms with E-state index in [-0.39, 0.29) is 11.8 Å². The molecule has 0 aromatic carbocycles. The number of rotatable bonds is 5. The van der Waals surface area contributed by atoms with Crippen LogP contribution in [0.5, 0.6) is 0 Å². The normalized spacial score (nSPS) is 12.3. The van der Waals surface area contributed by atoms with Gasteiger partial charge in [0.25, 0.3) is 0 Å². The lowest BCUT2D eigenvalue weighted by atomic mass is 10.1. The van der Waals surface area contributed by atoms with Crippen LogP contribution in [0.25, 0.3) is 0 Å². The fraction of sp³-hybridized carbons (Fsp3) is 0.438.